The van der Waals surface area contributed by atoms with Crippen molar-refractivity contribution < 1.29 is 4.92 Å². The van der Waals surface area contributed by atoms with Gasteiger partial charge in [0.1, 0.15) is 11.8 Å². The summed E-state index contributed by atoms with van der Waals surface area (Å²) in [7, 11) is 1.89. The first-order valence-electron chi connectivity index (χ1n) is 6.53. The highest BCUT2D eigenvalue weighted by atomic mass is 16.6. The van der Waals surface area contributed by atoms with Crippen LogP contribution >= 0.6 is 0 Å². The van der Waals surface area contributed by atoms with Crippen LogP contribution in [0.15, 0.2) is 43.0 Å². The number of non-ortho nitro benzene ring substituents is 1. The van der Waals surface area contributed by atoms with E-state index in [1.54, 1.807) is 18.3 Å². The van der Waals surface area contributed by atoms with E-state index < -0.39 is 4.92 Å². The molecule has 0 aliphatic heterocycles. The van der Waals surface area contributed by atoms with E-state index >= 15 is 0 Å². The summed E-state index contributed by atoms with van der Waals surface area (Å²) in [6.45, 7) is 0. The Morgan fingerprint density at radius 1 is 1.23 bits per heavy atom. The Hall–Kier alpha value is -3.29. The van der Waals surface area contributed by atoms with Gasteiger partial charge < -0.3 is 4.57 Å². The number of fused-ring (bicyclic) bond motifs is 3. The van der Waals surface area contributed by atoms with E-state index in [1.807, 2.05) is 22.2 Å². The summed E-state index contributed by atoms with van der Waals surface area (Å²) in [5.74, 6) is 0.740. The van der Waals surface area contributed by atoms with Gasteiger partial charge in [0.25, 0.3) is 5.69 Å². The van der Waals surface area contributed by atoms with E-state index in [0.29, 0.717) is 5.65 Å². The molecule has 0 radical (unpaired) electrons. The SMILES string of the molecule is Cn1c(-c2ccc([N+](=O)[O-])cc2)cn2c3cncnc3nc12. The smallest absolute Gasteiger partial charge is 0.269 e. The summed E-state index contributed by atoms with van der Waals surface area (Å²) < 4.78 is 3.83. The molecule has 3 aromatic heterocycles. The van der Waals surface area contributed by atoms with Crippen LogP contribution in [-0.2, 0) is 7.05 Å². The van der Waals surface area contributed by atoms with E-state index in [2.05, 4.69) is 15.0 Å². The van der Waals surface area contributed by atoms with Gasteiger partial charge in [-0.1, -0.05) is 0 Å². The maximum absolute atomic E-state index is 10.7. The summed E-state index contributed by atoms with van der Waals surface area (Å²) in [5.41, 5.74) is 3.31. The lowest BCUT2D eigenvalue weighted by molar-refractivity contribution is -0.384. The Kier molecular flexibility index (Phi) is 2.46. The average Bonchev–Trinajstić information content (AvgIpc) is 3.05. The van der Waals surface area contributed by atoms with E-state index in [1.165, 1.54) is 18.5 Å². The highest BCUT2D eigenvalue weighted by Crippen LogP contribution is 2.26. The predicted octanol–water partition coefficient (Wildman–Crippen LogP) is 2.19. The molecule has 0 saturated heterocycles. The zero-order valence-electron chi connectivity index (χ0n) is 11.5. The molecule has 0 fully saturated rings. The lowest BCUT2D eigenvalue weighted by atomic mass is 10.1. The van der Waals surface area contributed by atoms with Crippen molar-refractivity contribution in [2.24, 2.45) is 7.05 Å². The molecule has 0 unspecified atom stereocenters. The molecule has 0 spiro atoms. The van der Waals surface area contributed by atoms with Gasteiger partial charge >= 0.3 is 0 Å². The predicted molar refractivity (Wildman–Crippen MR) is 79.3 cm³/mol. The lowest BCUT2D eigenvalue weighted by Gasteiger charge is -2.02. The Labute approximate surface area is 123 Å². The van der Waals surface area contributed by atoms with Gasteiger partial charge in [-0.15, -0.1) is 0 Å². The van der Waals surface area contributed by atoms with E-state index in [9.17, 15) is 10.1 Å². The maximum Gasteiger partial charge on any atom is 0.269 e. The minimum absolute atomic E-state index is 0.0709. The first-order chi connectivity index (χ1) is 10.6. The van der Waals surface area contributed by atoms with Crippen LogP contribution in [0.3, 0.4) is 0 Å². The minimum atomic E-state index is -0.410. The van der Waals surface area contributed by atoms with Crippen LogP contribution in [0.4, 0.5) is 5.69 Å². The molecule has 0 atom stereocenters. The summed E-state index contributed by atoms with van der Waals surface area (Å²) in [6, 6.07) is 6.44. The molecule has 108 valence electrons. The fourth-order valence-corrected chi connectivity index (χ4v) is 2.53. The number of benzene rings is 1. The monoisotopic (exact) mass is 294 g/mol. The van der Waals surface area contributed by atoms with Crippen LogP contribution in [0.25, 0.3) is 28.2 Å². The number of rotatable bonds is 2. The average molecular weight is 294 g/mol. The molecule has 3 heterocycles. The quantitative estimate of drug-likeness (QED) is 0.417. The normalized spacial score (nSPS) is 11.3. The molecule has 0 amide bonds. The van der Waals surface area contributed by atoms with Crippen molar-refractivity contribution in [2.75, 3.05) is 0 Å². The van der Waals surface area contributed by atoms with E-state index in [0.717, 1.165) is 22.6 Å². The fourth-order valence-electron chi connectivity index (χ4n) is 2.53. The van der Waals surface area contributed by atoms with Gasteiger partial charge in [-0.2, -0.15) is 4.98 Å². The van der Waals surface area contributed by atoms with Crippen LogP contribution in [0.1, 0.15) is 0 Å². The third kappa shape index (κ3) is 1.67. The van der Waals surface area contributed by atoms with Crippen LogP contribution in [0.2, 0.25) is 0 Å². The molecular formula is C14H10N6O2. The summed E-state index contributed by atoms with van der Waals surface area (Å²) in [6.07, 6.45) is 5.10. The zero-order valence-corrected chi connectivity index (χ0v) is 11.5. The highest BCUT2D eigenvalue weighted by molar-refractivity contribution is 5.77. The Bertz CT molecular complexity index is 1020. The Balaban J connectivity index is 1.91. The van der Waals surface area contributed by atoms with Crippen LogP contribution in [-0.4, -0.2) is 28.8 Å². The Morgan fingerprint density at radius 3 is 2.73 bits per heavy atom. The van der Waals surface area contributed by atoms with Crippen molar-refractivity contribution in [2.45, 2.75) is 0 Å². The number of aromatic nitrogens is 5. The van der Waals surface area contributed by atoms with Gasteiger partial charge in [0.2, 0.25) is 5.78 Å². The largest absolute Gasteiger partial charge is 0.313 e. The van der Waals surface area contributed by atoms with E-state index in [-0.39, 0.29) is 5.69 Å². The summed E-state index contributed by atoms with van der Waals surface area (Å²) in [5, 5.41) is 10.7. The van der Waals surface area contributed by atoms with Crippen LogP contribution in [0, 0.1) is 10.1 Å². The minimum Gasteiger partial charge on any atom is -0.313 e. The topological polar surface area (TPSA) is 91.1 Å². The van der Waals surface area contributed by atoms with Crippen LogP contribution in [0.5, 0.6) is 0 Å². The van der Waals surface area contributed by atoms with Gasteiger partial charge in [-0.05, 0) is 12.1 Å². The molecule has 0 aliphatic rings. The molecule has 0 aliphatic carbocycles. The number of nitro groups is 1. The molecule has 0 bridgehead atoms. The van der Waals surface area contributed by atoms with E-state index in [4.69, 9.17) is 0 Å². The molecule has 8 heteroatoms. The zero-order chi connectivity index (χ0) is 15.3. The number of hydrogen-bond acceptors (Lipinski definition) is 5. The molecule has 22 heavy (non-hydrogen) atoms. The van der Waals surface area contributed by atoms with Crippen molar-refractivity contribution in [1.82, 2.24) is 23.9 Å². The third-order valence-electron chi connectivity index (χ3n) is 3.64. The summed E-state index contributed by atoms with van der Waals surface area (Å²) in [4.78, 5) is 23.0. The second-order valence-electron chi connectivity index (χ2n) is 4.89. The molecule has 0 saturated carbocycles. The molecule has 0 N–H and O–H groups in total. The number of nitrogens with zero attached hydrogens (tertiary/aromatic N) is 6. The van der Waals surface area contributed by atoms with Gasteiger partial charge in [0.05, 0.1) is 16.8 Å². The first kappa shape index (κ1) is 12.5. The van der Waals surface area contributed by atoms with Crippen molar-refractivity contribution in [3.8, 4) is 11.3 Å². The molecule has 4 aromatic rings. The third-order valence-corrected chi connectivity index (χ3v) is 3.64. The second kappa shape index (κ2) is 4.35. The highest BCUT2D eigenvalue weighted by Gasteiger charge is 2.14. The fraction of sp³-hybridized carbons (Fsp3) is 0.0714. The second-order valence-corrected chi connectivity index (χ2v) is 4.89. The molecular weight excluding hydrogens is 284 g/mol. The number of nitro benzene ring substituents is 1. The van der Waals surface area contributed by atoms with Gasteiger partial charge in [0.15, 0.2) is 5.65 Å². The number of hydrogen-bond donors (Lipinski definition) is 0. The van der Waals surface area contributed by atoms with Crippen molar-refractivity contribution in [1.29, 1.82) is 0 Å². The van der Waals surface area contributed by atoms with Crippen LogP contribution < -0.4 is 0 Å². The Morgan fingerprint density at radius 2 is 2.00 bits per heavy atom. The first-order valence-corrected chi connectivity index (χ1v) is 6.53. The molecule has 4 rings (SSSR count). The molecule has 1 aromatic carbocycles. The number of aryl methyl sites for hydroxylation is 1. The van der Waals surface area contributed by atoms with Crippen molar-refractivity contribution in [3.63, 3.8) is 0 Å². The molecule has 8 nitrogen and oxygen atoms in total. The van der Waals surface area contributed by atoms with Gasteiger partial charge in [0, 0.05) is 30.9 Å². The van der Waals surface area contributed by atoms with Gasteiger partial charge in [-0.3, -0.25) is 14.5 Å². The van der Waals surface area contributed by atoms with Crippen molar-refractivity contribution >= 4 is 22.6 Å². The number of imidazole rings is 2. The summed E-state index contributed by atoms with van der Waals surface area (Å²) >= 11 is 0. The standard InChI is InChI=1S/C14H10N6O2/c1-18-12(9-2-4-10(5-3-9)20(21)22)7-19-11-6-15-8-16-13(11)17-14(18)19/h2-8H,1H3. The maximum atomic E-state index is 10.7. The van der Waals surface area contributed by atoms with Crippen molar-refractivity contribution in [3.05, 3.63) is 53.1 Å². The lowest BCUT2D eigenvalue weighted by Crippen LogP contribution is -1.93. The van der Waals surface area contributed by atoms with Gasteiger partial charge in [-0.25, -0.2) is 9.97 Å².